The minimum atomic E-state index is -0.609. The van der Waals surface area contributed by atoms with Crippen molar-refractivity contribution in [2.75, 3.05) is 17.2 Å². The largest absolute Gasteiger partial charge is 0.483 e. The second-order valence-electron chi connectivity index (χ2n) is 6.49. The number of carbonyl (C=O) groups is 2. The van der Waals surface area contributed by atoms with E-state index in [0.29, 0.717) is 16.3 Å². The molecule has 0 aliphatic rings. The normalized spacial score (nSPS) is 10.7. The monoisotopic (exact) mass is 449 g/mol. The van der Waals surface area contributed by atoms with E-state index in [9.17, 15) is 19.2 Å². The molecule has 0 unspecified atom stereocenters. The number of halogens is 2. The molecule has 3 rings (SSSR count). The Morgan fingerprint density at radius 3 is 2.47 bits per heavy atom. The van der Waals surface area contributed by atoms with Crippen molar-refractivity contribution in [3.63, 3.8) is 0 Å². The zero-order chi connectivity index (χ0) is 22.9. The predicted molar refractivity (Wildman–Crippen MR) is 121 cm³/mol. The molecule has 0 heterocycles. The molecule has 6 nitrogen and oxygen atoms in total. The van der Waals surface area contributed by atoms with Crippen LogP contribution in [0.15, 0.2) is 78.4 Å². The molecule has 160 valence electrons. The summed E-state index contributed by atoms with van der Waals surface area (Å²) >= 11 is 6.05. The van der Waals surface area contributed by atoms with E-state index in [4.69, 9.17) is 16.3 Å². The van der Waals surface area contributed by atoms with Gasteiger partial charge in [-0.15, -0.1) is 0 Å². The maximum Gasteiger partial charge on any atom is 0.266 e. The molecular weight excluding hydrogens is 433 g/mol. The van der Waals surface area contributed by atoms with Gasteiger partial charge in [-0.3, -0.25) is 9.59 Å². The van der Waals surface area contributed by atoms with Crippen LogP contribution in [0.5, 0.6) is 5.75 Å². The van der Waals surface area contributed by atoms with Crippen LogP contribution in [0.3, 0.4) is 0 Å². The van der Waals surface area contributed by atoms with E-state index in [0.717, 1.165) is 0 Å². The minimum Gasteiger partial charge on any atom is -0.483 e. The molecule has 0 atom stereocenters. The van der Waals surface area contributed by atoms with Crippen LogP contribution >= 0.6 is 11.6 Å². The first-order chi connectivity index (χ1) is 15.5. The molecule has 2 amide bonds. The van der Waals surface area contributed by atoms with Gasteiger partial charge in [0.15, 0.2) is 6.61 Å². The highest BCUT2D eigenvalue weighted by Crippen LogP contribution is 2.26. The Labute approximate surface area is 188 Å². The van der Waals surface area contributed by atoms with Crippen molar-refractivity contribution >= 4 is 40.9 Å². The van der Waals surface area contributed by atoms with E-state index in [1.54, 1.807) is 42.5 Å². The lowest BCUT2D eigenvalue weighted by atomic mass is 10.1. The smallest absolute Gasteiger partial charge is 0.266 e. The molecule has 2 N–H and O–H groups in total. The highest BCUT2D eigenvalue weighted by atomic mass is 35.5. The summed E-state index contributed by atoms with van der Waals surface area (Å²) in [7, 11) is 0. The average molecular weight is 450 g/mol. The van der Waals surface area contributed by atoms with E-state index in [-0.39, 0.29) is 17.0 Å². The summed E-state index contributed by atoms with van der Waals surface area (Å²) in [6.45, 7) is -0.422. The first kappa shape index (κ1) is 22.5. The first-order valence-corrected chi connectivity index (χ1v) is 9.79. The lowest BCUT2D eigenvalue weighted by Gasteiger charge is -2.11. The molecule has 0 aliphatic carbocycles. The van der Waals surface area contributed by atoms with Crippen LogP contribution in [0.2, 0.25) is 5.02 Å². The van der Waals surface area contributed by atoms with Crippen LogP contribution in [-0.2, 0) is 9.59 Å². The number of benzene rings is 3. The number of nitrogens with one attached hydrogen (secondary N) is 2. The number of hydrogen-bond acceptors (Lipinski definition) is 4. The fraction of sp³-hybridized carbons (Fsp3) is 0.0417. The molecule has 0 aliphatic heterocycles. The number of para-hydroxylation sites is 2. The fourth-order valence-corrected chi connectivity index (χ4v) is 2.86. The Morgan fingerprint density at radius 1 is 1.03 bits per heavy atom. The van der Waals surface area contributed by atoms with Gasteiger partial charge in [0, 0.05) is 16.3 Å². The summed E-state index contributed by atoms with van der Waals surface area (Å²) in [5, 5.41) is 14.8. The van der Waals surface area contributed by atoms with Crippen molar-refractivity contribution < 1.29 is 18.7 Å². The van der Waals surface area contributed by atoms with Gasteiger partial charge in [0.25, 0.3) is 11.8 Å². The van der Waals surface area contributed by atoms with Crippen LogP contribution in [0, 0.1) is 17.1 Å². The van der Waals surface area contributed by atoms with E-state index in [1.807, 2.05) is 6.07 Å². The predicted octanol–water partition coefficient (Wildman–Crippen LogP) is 5.04. The number of ether oxygens (including phenoxy) is 1. The number of nitriles is 1. The molecule has 0 spiro atoms. The van der Waals surface area contributed by atoms with E-state index >= 15 is 0 Å². The molecule has 0 radical (unpaired) electrons. The van der Waals surface area contributed by atoms with Gasteiger partial charge in [-0.05, 0) is 48.5 Å². The van der Waals surface area contributed by atoms with Crippen LogP contribution in [0.1, 0.15) is 5.56 Å². The van der Waals surface area contributed by atoms with Gasteiger partial charge >= 0.3 is 0 Å². The summed E-state index contributed by atoms with van der Waals surface area (Å²) in [5.41, 5.74) is 0.709. The number of hydrogen-bond donors (Lipinski definition) is 2. The highest BCUT2D eigenvalue weighted by Gasteiger charge is 2.13. The van der Waals surface area contributed by atoms with Gasteiger partial charge < -0.3 is 15.4 Å². The SMILES string of the molecule is N#C/C(=C\c1cc(Cl)ccc1OCC(=O)Nc1ccccc1F)C(=O)Nc1ccccc1. The molecule has 0 fully saturated rings. The second-order valence-corrected chi connectivity index (χ2v) is 6.93. The molecule has 3 aromatic carbocycles. The Kier molecular flexibility index (Phi) is 7.57. The maximum absolute atomic E-state index is 13.7. The number of carbonyl (C=O) groups excluding carboxylic acids is 2. The summed E-state index contributed by atoms with van der Waals surface area (Å²) in [5.74, 6) is -1.54. The van der Waals surface area contributed by atoms with Crippen molar-refractivity contribution in [3.8, 4) is 11.8 Å². The lowest BCUT2D eigenvalue weighted by molar-refractivity contribution is -0.118. The third-order valence-electron chi connectivity index (χ3n) is 4.18. The lowest BCUT2D eigenvalue weighted by Crippen LogP contribution is -2.21. The Morgan fingerprint density at radius 2 is 1.75 bits per heavy atom. The topological polar surface area (TPSA) is 91.2 Å². The van der Waals surface area contributed by atoms with Gasteiger partial charge in [-0.1, -0.05) is 41.9 Å². The molecule has 32 heavy (non-hydrogen) atoms. The van der Waals surface area contributed by atoms with Crippen molar-refractivity contribution in [1.29, 1.82) is 5.26 Å². The number of anilines is 2. The fourth-order valence-electron chi connectivity index (χ4n) is 2.68. The van der Waals surface area contributed by atoms with E-state index < -0.39 is 24.2 Å². The average Bonchev–Trinajstić information content (AvgIpc) is 2.79. The second kappa shape index (κ2) is 10.8. The van der Waals surface area contributed by atoms with Crippen LogP contribution in [0.4, 0.5) is 15.8 Å². The van der Waals surface area contributed by atoms with Crippen LogP contribution in [-0.4, -0.2) is 18.4 Å². The molecule has 8 heteroatoms. The van der Waals surface area contributed by atoms with Crippen molar-refractivity contribution in [2.24, 2.45) is 0 Å². The maximum atomic E-state index is 13.7. The Bertz CT molecular complexity index is 1210. The van der Waals surface area contributed by atoms with Gasteiger partial charge in [0.1, 0.15) is 23.2 Å². The van der Waals surface area contributed by atoms with Crippen LogP contribution in [0.25, 0.3) is 6.08 Å². The summed E-state index contributed by atoms with van der Waals surface area (Å²) < 4.78 is 19.2. The number of rotatable bonds is 7. The van der Waals surface area contributed by atoms with E-state index in [2.05, 4.69) is 10.6 Å². The van der Waals surface area contributed by atoms with Gasteiger partial charge in [-0.2, -0.15) is 5.26 Å². The van der Waals surface area contributed by atoms with Crippen LogP contribution < -0.4 is 15.4 Å². The van der Waals surface area contributed by atoms with Crippen molar-refractivity contribution in [3.05, 3.63) is 94.8 Å². The zero-order valence-electron chi connectivity index (χ0n) is 16.6. The van der Waals surface area contributed by atoms with Gasteiger partial charge in [-0.25, -0.2) is 4.39 Å². The van der Waals surface area contributed by atoms with E-state index in [1.165, 1.54) is 36.4 Å². The summed E-state index contributed by atoms with van der Waals surface area (Å²) in [4.78, 5) is 24.6. The molecule has 0 bridgehead atoms. The minimum absolute atomic E-state index is 0.0293. The highest BCUT2D eigenvalue weighted by molar-refractivity contribution is 6.30. The third kappa shape index (κ3) is 6.17. The zero-order valence-corrected chi connectivity index (χ0v) is 17.4. The van der Waals surface area contributed by atoms with Crippen molar-refractivity contribution in [2.45, 2.75) is 0 Å². The number of amides is 2. The standard InChI is InChI=1S/C24H17ClFN3O3/c25-18-10-11-22(32-15-23(30)29-21-9-5-4-8-20(21)26)16(13-18)12-17(14-27)24(31)28-19-6-2-1-3-7-19/h1-13H,15H2,(H,28,31)(H,29,30)/b17-12+. The van der Waals surface area contributed by atoms with Gasteiger partial charge in [0.2, 0.25) is 0 Å². The molecule has 0 saturated carbocycles. The third-order valence-corrected chi connectivity index (χ3v) is 4.41. The summed E-state index contributed by atoms with van der Waals surface area (Å²) in [6.07, 6.45) is 1.31. The Hall–Kier alpha value is -4.15. The molecule has 3 aromatic rings. The Balaban J connectivity index is 1.75. The quantitative estimate of drug-likeness (QED) is 0.390. The number of nitrogens with zero attached hydrogens (tertiary/aromatic N) is 1. The molecule has 0 aromatic heterocycles. The molecule has 0 saturated heterocycles. The van der Waals surface area contributed by atoms with Crippen molar-refractivity contribution in [1.82, 2.24) is 0 Å². The summed E-state index contributed by atoms with van der Waals surface area (Å²) in [6, 6.07) is 20.8. The van der Waals surface area contributed by atoms with Gasteiger partial charge in [0.05, 0.1) is 5.69 Å². The first-order valence-electron chi connectivity index (χ1n) is 9.41. The molecular formula is C24H17ClFN3O3.